The van der Waals surface area contributed by atoms with Crippen molar-refractivity contribution in [3.63, 3.8) is 0 Å². The molecule has 0 radical (unpaired) electrons. The van der Waals surface area contributed by atoms with Crippen LogP contribution in [-0.2, 0) is 6.54 Å². The molecule has 8 nitrogen and oxygen atoms in total. The maximum Gasteiger partial charge on any atom is 0.261 e. The minimum Gasteiger partial charge on any atom is -0.355 e. The van der Waals surface area contributed by atoms with Crippen LogP contribution in [0.4, 0.5) is 5.82 Å². The number of benzene rings is 1. The van der Waals surface area contributed by atoms with E-state index in [0.29, 0.717) is 17.8 Å². The first-order chi connectivity index (χ1) is 14.1. The molecule has 1 aromatic carbocycles. The molecule has 3 aromatic heterocycles. The van der Waals surface area contributed by atoms with Gasteiger partial charge in [-0.05, 0) is 56.9 Å². The molecule has 1 saturated heterocycles. The SMILES string of the molecule is Cc1nc2ccccc2c(=O)n1CC1CCN(c2ccc3nnc(C)n3n2)CC1. The summed E-state index contributed by atoms with van der Waals surface area (Å²) in [7, 11) is 0. The van der Waals surface area contributed by atoms with Crippen LogP contribution in [0.5, 0.6) is 0 Å². The van der Waals surface area contributed by atoms with Gasteiger partial charge in [0.15, 0.2) is 11.5 Å². The van der Waals surface area contributed by atoms with Gasteiger partial charge in [0, 0.05) is 19.6 Å². The molecule has 4 heterocycles. The van der Waals surface area contributed by atoms with Crippen molar-refractivity contribution in [3.05, 3.63) is 58.4 Å². The van der Waals surface area contributed by atoms with Crippen molar-refractivity contribution in [3.8, 4) is 0 Å². The molecular formula is C21H23N7O. The second kappa shape index (κ2) is 6.95. The summed E-state index contributed by atoms with van der Waals surface area (Å²) < 4.78 is 3.62. The van der Waals surface area contributed by atoms with Crippen molar-refractivity contribution in [2.75, 3.05) is 18.0 Å². The van der Waals surface area contributed by atoms with Crippen molar-refractivity contribution in [1.82, 2.24) is 29.4 Å². The van der Waals surface area contributed by atoms with Gasteiger partial charge < -0.3 is 4.90 Å². The number of rotatable bonds is 3. The third kappa shape index (κ3) is 3.14. The molecule has 0 unspecified atom stereocenters. The van der Waals surface area contributed by atoms with Crippen LogP contribution >= 0.6 is 0 Å². The van der Waals surface area contributed by atoms with E-state index in [1.807, 2.05) is 54.8 Å². The fourth-order valence-corrected chi connectivity index (χ4v) is 4.15. The van der Waals surface area contributed by atoms with Gasteiger partial charge in [-0.2, -0.15) is 4.52 Å². The predicted octanol–water partition coefficient (Wildman–Crippen LogP) is 2.37. The van der Waals surface area contributed by atoms with Crippen molar-refractivity contribution in [2.24, 2.45) is 5.92 Å². The van der Waals surface area contributed by atoms with Gasteiger partial charge in [-0.15, -0.1) is 15.3 Å². The van der Waals surface area contributed by atoms with E-state index < -0.39 is 0 Å². The van der Waals surface area contributed by atoms with E-state index in [-0.39, 0.29) is 5.56 Å². The number of hydrogen-bond donors (Lipinski definition) is 0. The highest BCUT2D eigenvalue weighted by molar-refractivity contribution is 5.77. The van der Waals surface area contributed by atoms with Gasteiger partial charge in [-0.3, -0.25) is 9.36 Å². The zero-order chi connectivity index (χ0) is 20.0. The number of anilines is 1. The Morgan fingerprint density at radius 1 is 1.00 bits per heavy atom. The molecule has 1 fully saturated rings. The fourth-order valence-electron chi connectivity index (χ4n) is 4.15. The van der Waals surface area contributed by atoms with Crippen LogP contribution in [0, 0.1) is 19.8 Å². The molecule has 29 heavy (non-hydrogen) atoms. The monoisotopic (exact) mass is 389 g/mol. The fraction of sp³-hybridized carbons (Fsp3) is 0.381. The van der Waals surface area contributed by atoms with Gasteiger partial charge in [0.1, 0.15) is 11.6 Å². The largest absolute Gasteiger partial charge is 0.355 e. The molecule has 8 heteroatoms. The summed E-state index contributed by atoms with van der Waals surface area (Å²) in [6.45, 7) is 6.37. The first kappa shape index (κ1) is 17.8. The average Bonchev–Trinajstić information content (AvgIpc) is 3.12. The number of fused-ring (bicyclic) bond motifs is 2. The van der Waals surface area contributed by atoms with Crippen LogP contribution in [0.2, 0.25) is 0 Å². The first-order valence-electron chi connectivity index (χ1n) is 10.0. The van der Waals surface area contributed by atoms with Gasteiger partial charge in [-0.1, -0.05) is 12.1 Å². The molecule has 148 valence electrons. The van der Waals surface area contributed by atoms with E-state index in [1.54, 1.807) is 4.52 Å². The molecule has 0 amide bonds. The summed E-state index contributed by atoms with van der Waals surface area (Å²) >= 11 is 0. The first-order valence-corrected chi connectivity index (χ1v) is 10.0. The number of hydrogen-bond acceptors (Lipinski definition) is 6. The molecule has 0 atom stereocenters. The standard InChI is InChI=1S/C21H23N7O/c1-14-22-18-6-4-3-5-17(18)21(29)27(14)13-16-9-11-26(12-10-16)20-8-7-19-24-23-15(2)28(19)25-20/h3-8,16H,9-13H2,1-2H3. The molecule has 0 N–H and O–H groups in total. The maximum absolute atomic E-state index is 12.9. The van der Waals surface area contributed by atoms with Gasteiger partial charge >= 0.3 is 0 Å². The Kier molecular flexibility index (Phi) is 4.26. The normalized spacial score (nSPS) is 15.4. The van der Waals surface area contributed by atoms with Crippen molar-refractivity contribution in [1.29, 1.82) is 0 Å². The Bertz CT molecular complexity index is 1250. The van der Waals surface area contributed by atoms with Crippen LogP contribution in [0.25, 0.3) is 16.6 Å². The second-order valence-electron chi connectivity index (χ2n) is 7.73. The molecule has 0 aliphatic carbocycles. The topological polar surface area (TPSA) is 81.2 Å². The third-order valence-corrected chi connectivity index (χ3v) is 5.84. The smallest absolute Gasteiger partial charge is 0.261 e. The molecule has 1 aliphatic heterocycles. The molecule has 5 rings (SSSR count). The summed E-state index contributed by atoms with van der Waals surface area (Å²) in [4.78, 5) is 19.8. The Hall–Kier alpha value is -3.29. The number of aryl methyl sites for hydroxylation is 2. The van der Waals surface area contributed by atoms with E-state index >= 15 is 0 Å². The minimum atomic E-state index is 0.0609. The summed E-state index contributed by atoms with van der Waals surface area (Å²) in [5.41, 5.74) is 1.59. The molecule has 0 bridgehead atoms. The zero-order valence-corrected chi connectivity index (χ0v) is 16.6. The van der Waals surface area contributed by atoms with Crippen molar-refractivity contribution >= 4 is 22.4 Å². The highest BCUT2D eigenvalue weighted by atomic mass is 16.1. The lowest BCUT2D eigenvalue weighted by Crippen LogP contribution is -2.37. The van der Waals surface area contributed by atoms with Gasteiger partial charge in [0.05, 0.1) is 10.9 Å². The summed E-state index contributed by atoms with van der Waals surface area (Å²) in [5, 5.41) is 13.5. The van der Waals surface area contributed by atoms with Gasteiger partial charge in [-0.25, -0.2) is 4.98 Å². The summed E-state index contributed by atoms with van der Waals surface area (Å²) in [6, 6.07) is 11.5. The second-order valence-corrected chi connectivity index (χ2v) is 7.73. The lowest BCUT2D eigenvalue weighted by molar-refractivity contribution is 0.347. The Labute approximate surface area is 167 Å². The molecule has 1 aliphatic rings. The Morgan fingerprint density at radius 3 is 2.62 bits per heavy atom. The highest BCUT2D eigenvalue weighted by Crippen LogP contribution is 2.23. The number of aromatic nitrogens is 6. The van der Waals surface area contributed by atoms with Crippen LogP contribution in [0.1, 0.15) is 24.5 Å². The van der Waals surface area contributed by atoms with E-state index in [4.69, 9.17) is 0 Å². The number of para-hydroxylation sites is 1. The van der Waals surface area contributed by atoms with Gasteiger partial charge in [0.2, 0.25) is 0 Å². The van der Waals surface area contributed by atoms with E-state index in [1.165, 1.54) is 0 Å². The molecule has 0 saturated carbocycles. The lowest BCUT2D eigenvalue weighted by Gasteiger charge is -2.33. The van der Waals surface area contributed by atoms with Crippen molar-refractivity contribution in [2.45, 2.75) is 33.2 Å². The molecular weight excluding hydrogens is 366 g/mol. The summed E-state index contributed by atoms with van der Waals surface area (Å²) in [5.74, 6) is 2.97. The van der Waals surface area contributed by atoms with Gasteiger partial charge in [0.25, 0.3) is 5.56 Å². The third-order valence-electron chi connectivity index (χ3n) is 5.84. The van der Waals surface area contributed by atoms with Crippen LogP contribution in [0.15, 0.2) is 41.2 Å². The molecule has 0 spiro atoms. The predicted molar refractivity (Wildman–Crippen MR) is 111 cm³/mol. The maximum atomic E-state index is 12.9. The van der Waals surface area contributed by atoms with E-state index in [2.05, 4.69) is 25.2 Å². The Morgan fingerprint density at radius 2 is 1.79 bits per heavy atom. The number of piperidine rings is 1. The zero-order valence-electron chi connectivity index (χ0n) is 16.6. The average molecular weight is 389 g/mol. The highest BCUT2D eigenvalue weighted by Gasteiger charge is 2.22. The van der Waals surface area contributed by atoms with Crippen LogP contribution in [0.3, 0.4) is 0 Å². The molecule has 4 aromatic rings. The number of nitrogens with zero attached hydrogens (tertiary/aromatic N) is 7. The quantitative estimate of drug-likeness (QED) is 0.535. The summed E-state index contributed by atoms with van der Waals surface area (Å²) in [6.07, 6.45) is 2.03. The minimum absolute atomic E-state index is 0.0609. The van der Waals surface area contributed by atoms with E-state index in [9.17, 15) is 4.79 Å². The van der Waals surface area contributed by atoms with Crippen LogP contribution < -0.4 is 10.5 Å². The lowest BCUT2D eigenvalue weighted by atomic mass is 9.96. The van der Waals surface area contributed by atoms with Crippen LogP contribution in [-0.4, -0.2) is 42.5 Å². The van der Waals surface area contributed by atoms with E-state index in [0.717, 1.165) is 54.6 Å². The van der Waals surface area contributed by atoms with Crippen molar-refractivity contribution < 1.29 is 0 Å². The Balaban J connectivity index is 1.32.